The van der Waals surface area contributed by atoms with E-state index in [-0.39, 0.29) is 11.5 Å². The van der Waals surface area contributed by atoms with E-state index in [1.54, 1.807) is 0 Å². The fraction of sp³-hybridized carbons (Fsp3) is 1.00. The maximum absolute atomic E-state index is 10.7. The number of rotatable bonds is 2. The summed E-state index contributed by atoms with van der Waals surface area (Å²) in [6.45, 7) is 6.56. The molecule has 3 atom stereocenters. The summed E-state index contributed by atoms with van der Waals surface area (Å²) in [5.74, 6) is 0. The van der Waals surface area contributed by atoms with Gasteiger partial charge < -0.3 is 16.2 Å². The molecule has 3 unspecified atom stereocenters. The molecule has 3 heteroatoms. The normalized spacial score (nSPS) is 41.1. The Labute approximate surface area is 98.8 Å². The number of piperidine rings is 1. The highest BCUT2D eigenvalue weighted by Gasteiger charge is 2.46. The first-order valence-electron chi connectivity index (χ1n) is 6.52. The molecule has 0 spiro atoms. The van der Waals surface area contributed by atoms with Gasteiger partial charge in [0, 0.05) is 18.1 Å². The highest BCUT2D eigenvalue weighted by molar-refractivity contribution is 5.04. The van der Waals surface area contributed by atoms with Crippen molar-refractivity contribution in [3.05, 3.63) is 0 Å². The summed E-state index contributed by atoms with van der Waals surface area (Å²) >= 11 is 0. The summed E-state index contributed by atoms with van der Waals surface area (Å²) in [5, 5.41) is 14.3. The van der Waals surface area contributed by atoms with E-state index in [1.807, 2.05) is 0 Å². The van der Waals surface area contributed by atoms with Crippen LogP contribution in [0.3, 0.4) is 0 Å². The summed E-state index contributed by atoms with van der Waals surface area (Å²) < 4.78 is 0. The lowest BCUT2D eigenvalue weighted by Crippen LogP contribution is -2.58. The van der Waals surface area contributed by atoms with Gasteiger partial charge in [0.1, 0.15) is 0 Å². The van der Waals surface area contributed by atoms with E-state index >= 15 is 0 Å². The van der Waals surface area contributed by atoms with Crippen LogP contribution in [0.4, 0.5) is 0 Å². The van der Waals surface area contributed by atoms with Crippen LogP contribution in [0.5, 0.6) is 0 Å². The second-order valence-corrected chi connectivity index (χ2v) is 7.02. The summed E-state index contributed by atoms with van der Waals surface area (Å²) in [6, 6.07) is 0.905. The average Bonchev–Trinajstić information content (AvgIpc) is 2.43. The van der Waals surface area contributed by atoms with Crippen molar-refractivity contribution in [2.24, 2.45) is 11.1 Å². The molecule has 4 N–H and O–H groups in total. The zero-order chi connectivity index (χ0) is 12.0. The third-order valence-electron chi connectivity index (χ3n) is 4.06. The van der Waals surface area contributed by atoms with Crippen molar-refractivity contribution in [2.75, 3.05) is 0 Å². The number of fused-ring (bicyclic) bond motifs is 2. The third kappa shape index (κ3) is 2.58. The standard InChI is InChI=1S/C13H26N2O/c1-12(2,3)8-11(14)13(16)6-9-4-5-10(7-13)15-9/h9-11,15-16H,4-8,14H2,1-3H3. The van der Waals surface area contributed by atoms with Gasteiger partial charge in [-0.3, -0.25) is 0 Å². The fourth-order valence-corrected chi connectivity index (χ4v) is 3.31. The Kier molecular flexibility index (Phi) is 3.06. The van der Waals surface area contributed by atoms with Gasteiger partial charge in [0.15, 0.2) is 0 Å². The van der Waals surface area contributed by atoms with E-state index in [4.69, 9.17) is 5.73 Å². The van der Waals surface area contributed by atoms with Crippen molar-refractivity contribution >= 4 is 0 Å². The molecule has 2 aliphatic heterocycles. The molecular weight excluding hydrogens is 200 g/mol. The largest absolute Gasteiger partial charge is 0.388 e. The first kappa shape index (κ1) is 12.3. The van der Waals surface area contributed by atoms with Crippen LogP contribution in [0.1, 0.15) is 52.9 Å². The predicted octanol–water partition coefficient (Wildman–Crippen LogP) is 1.40. The lowest BCUT2D eigenvalue weighted by molar-refractivity contribution is -0.0380. The molecule has 16 heavy (non-hydrogen) atoms. The maximum Gasteiger partial charge on any atom is 0.0827 e. The monoisotopic (exact) mass is 226 g/mol. The molecule has 0 aromatic rings. The quantitative estimate of drug-likeness (QED) is 0.667. The molecule has 0 amide bonds. The predicted molar refractivity (Wildman–Crippen MR) is 66.2 cm³/mol. The minimum atomic E-state index is -0.635. The Balaban J connectivity index is 2.02. The number of nitrogens with one attached hydrogen (secondary N) is 1. The molecule has 2 aliphatic rings. The summed E-state index contributed by atoms with van der Waals surface area (Å²) in [4.78, 5) is 0. The summed E-state index contributed by atoms with van der Waals surface area (Å²) in [5.41, 5.74) is 5.80. The topological polar surface area (TPSA) is 58.3 Å². The average molecular weight is 226 g/mol. The van der Waals surface area contributed by atoms with Crippen LogP contribution >= 0.6 is 0 Å². The van der Waals surface area contributed by atoms with E-state index in [9.17, 15) is 5.11 Å². The van der Waals surface area contributed by atoms with Crippen molar-refractivity contribution in [3.63, 3.8) is 0 Å². The highest BCUT2D eigenvalue weighted by atomic mass is 16.3. The Morgan fingerprint density at radius 2 is 1.81 bits per heavy atom. The van der Waals surface area contributed by atoms with Crippen molar-refractivity contribution in [3.8, 4) is 0 Å². The Morgan fingerprint density at radius 3 is 2.25 bits per heavy atom. The van der Waals surface area contributed by atoms with E-state index in [0.717, 1.165) is 19.3 Å². The zero-order valence-corrected chi connectivity index (χ0v) is 10.8. The zero-order valence-electron chi connectivity index (χ0n) is 10.8. The van der Waals surface area contributed by atoms with Crippen molar-refractivity contribution in [1.82, 2.24) is 5.32 Å². The van der Waals surface area contributed by atoms with Crippen molar-refractivity contribution in [2.45, 2.75) is 76.6 Å². The van der Waals surface area contributed by atoms with Crippen LogP contribution < -0.4 is 11.1 Å². The van der Waals surface area contributed by atoms with Gasteiger partial charge in [-0.2, -0.15) is 0 Å². The Hall–Kier alpha value is -0.120. The van der Waals surface area contributed by atoms with Crippen LogP contribution in [0.25, 0.3) is 0 Å². The van der Waals surface area contributed by atoms with Gasteiger partial charge in [0.05, 0.1) is 5.60 Å². The minimum Gasteiger partial charge on any atom is -0.388 e. The van der Waals surface area contributed by atoms with Crippen LogP contribution in [0.2, 0.25) is 0 Å². The van der Waals surface area contributed by atoms with Crippen LogP contribution in [-0.2, 0) is 0 Å². The molecule has 2 rings (SSSR count). The van der Waals surface area contributed by atoms with Gasteiger partial charge >= 0.3 is 0 Å². The maximum atomic E-state index is 10.7. The molecule has 0 radical (unpaired) electrons. The first-order valence-corrected chi connectivity index (χ1v) is 6.52. The van der Waals surface area contributed by atoms with Gasteiger partial charge in [0.2, 0.25) is 0 Å². The van der Waals surface area contributed by atoms with Gasteiger partial charge in [-0.1, -0.05) is 20.8 Å². The molecule has 2 saturated heterocycles. The smallest absolute Gasteiger partial charge is 0.0827 e. The summed E-state index contributed by atoms with van der Waals surface area (Å²) in [7, 11) is 0. The molecule has 3 nitrogen and oxygen atoms in total. The molecule has 0 aliphatic carbocycles. The molecular formula is C13H26N2O. The number of hydrogen-bond donors (Lipinski definition) is 3. The molecule has 2 fully saturated rings. The fourth-order valence-electron chi connectivity index (χ4n) is 3.31. The van der Waals surface area contributed by atoms with Gasteiger partial charge in [-0.25, -0.2) is 0 Å². The van der Waals surface area contributed by atoms with Crippen LogP contribution in [0.15, 0.2) is 0 Å². The second-order valence-electron chi connectivity index (χ2n) is 7.02. The van der Waals surface area contributed by atoms with E-state index in [2.05, 4.69) is 26.1 Å². The van der Waals surface area contributed by atoms with Crippen molar-refractivity contribution in [1.29, 1.82) is 0 Å². The lowest BCUT2D eigenvalue weighted by Gasteiger charge is -2.43. The third-order valence-corrected chi connectivity index (χ3v) is 4.06. The molecule has 2 heterocycles. The van der Waals surface area contributed by atoms with Gasteiger partial charge in [-0.15, -0.1) is 0 Å². The molecule has 0 aromatic heterocycles. The van der Waals surface area contributed by atoms with Crippen molar-refractivity contribution < 1.29 is 5.11 Å². The number of hydrogen-bond acceptors (Lipinski definition) is 3. The molecule has 0 saturated carbocycles. The number of aliphatic hydroxyl groups is 1. The van der Waals surface area contributed by atoms with Gasteiger partial charge in [-0.05, 0) is 37.5 Å². The molecule has 0 aromatic carbocycles. The first-order chi connectivity index (χ1) is 7.28. The second kappa shape index (κ2) is 3.97. The van der Waals surface area contributed by atoms with Crippen LogP contribution in [0, 0.1) is 5.41 Å². The minimum absolute atomic E-state index is 0.0855. The van der Waals surface area contributed by atoms with E-state index < -0.39 is 5.60 Å². The van der Waals surface area contributed by atoms with Gasteiger partial charge in [0.25, 0.3) is 0 Å². The van der Waals surface area contributed by atoms with Crippen LogP contribution in [-0.4, -0.2) is 28.8 Å². The Bertz CT molecular complexity index is 247. The molecule has 94 valence electrons. The van der Waals surface area contributed by atoms with E-state index in [1.165, 1.54) is 12.8 Å². The van der Waals surface area contributed by atoms with E-state index in [0.29, 0.717) is 12.1 Å². The SMILES string of the molecule is CC(C)(C)CC(N)C1(O)CC2CCC(C1)N2. The Morgan fingerprint density at radius 1 is 1.31 bits per heavy atom. The number of nitrogens with two attached hydrogens (primary N) is 1. The highest BCUT2D eigenvalue weighted by Crippen LogP contribution is 2.38. The molecule has 2 bridgehead atoms. The summed E-state index contributed by atoms with van der Waals surface area (Å²) in [6.07, 6.45) is 4.97. The lowest BCUT2D eigenvalue weighted by atomic mass is 9.75.